The Balaban J connectivity index is 1.36. The average molecular weight is 378 g/mol. The molecule has 8 heteroatoms. The highest BCUT2D eigenvalue weighted by Gasteiger charge is 2.31. The lowest BCUT2D eigenvalue weighted by atomic mass is 9.97. The normalized spacial score (nSPS) is 18.7. The van der Waals surface area contributed by atoms with Crippen LogP contribution in [0.25, 0.3) is 0 Å². The van der Waals surface area contributed by atoms with Gasteiger partial charge in [0, 0.05) is 37.8 Å². The molecule has 2 aliphatic rings. The van der Waals surface area contributed by atoms with E-state index in [9.17, 15) is 18.0 Å². The van der Waals surface area contributed by atoms with Gasteiger partial charge in [-0.05, 0) is 49.8 Å². The van der Waals surface area contributed by atoms with Gasteiger partial charge < -0.3 is 4.90 Å². The number of alkyl halides is 3. The second-order valence-corrected chi connectivity index (χ2v) is 7.39. The molecule has 0 unspecified atom stereocenters. The maximum atomic E-state index is 12.6. The summed E-state index contributed by atoms with van der Waals surface area (Å²) in [5.74, 6) is 1.40. The highest BCUT2D eigenvalue weighted by atomic mass is 19.4. The first-order valence-electron chi connectivity index (χ1n) is 9.26. The Morgan fingerprint density at radius 1 is 1.04 bits per heavy atom. The van der Waals surface area contributed by atoms with Crippen molar-refractivity contribution in [3.05, 3.63) is 52.1 Å². The van der Waals surface area contributed by atoms with Crippen molar-refractivity contribution in [2.24, 2.45) is 5.92 Å². The fourth-order valence-electron chi connectivity index (χ4n) is 3.52. The van der Waals surface area contributed by atoms with Gasteiger partial charge in [-0.2, -0.15) is 18.3 Å². The van der Waals surface area contributed by atoms with Gasteiger partial charge in [0.05, 0.1) is 11.3 Å². The quantitative estimate of drug-likeness (QED) is 0.818. The number of aromatic nitrogens is 3. The molecule has 27 heavy (non-hydrogen) atoms. The SMILES string of the molecule is O=c1ccc(C2CC2)nn1CC1CCN(c2ccc(C(F)(F)F)cn2)CC1. The van der Waals surface area contributed by atoms with E-state index in [1.165, 1.54) is 6.07 Å². The second-order valence-electron chi connectivity index (χ2n) is 7.39. The summed E-state index contributed by atoms with van der Waals surface area (Å²) in [6, 6.07) is 5.92. The van der Waals surface area contributed by atoms with E-state index in [-0.39, 0.29) is 5.56 Å². The minimum Gasteiger partial charge on any atom is -0.357 e. The van der Waals surface area contributed by atoms with E-state index in [1.54, 1.807) is 10.7 Å². The third-order valence-electron chi connectivity index (χ3n) is 5.33. The van der Waals surface area contributed by atoms with Gasteiger partial charge in [-0.25, -0.2) is 9.67 Å². The number of pyridine rings is 1. The molecule has 1 saturated carbocycles. The molecule has 1 aliphatic carbocycles. The molecule has 144 valence electrons. The Morgan fingerprint density at radius 2 is 1.78 bits per heavy atom. The van der Waals surface area contributed by atoms with Crippen molar-refractivity contribution in [2.75, 3.05) is 18.0 Å². The van der Waals surface area contributed by atoms with Crippen LogP contribution in [0.15, 0.2) is 35.3 Å². The van der Waals surface area contributed by atoms with Gasteiger partial charge in [0.2, 0.25) is 0 Å². The molecule has 0 spiro atoms. The molecule has 1 aliphatic heterocycles. The van der Waals surface area contributed by atoms with Crippen molar-refractivity contribution in [2.45, 2.75) is 44.3 Å². The predicted molar refractivity (Wildman–Crippen MR) is 94.6 cm³/mol. The molecule has 0 radical (unpaired) electrons. The van der Waals surface area contributed by atoms with E-state index in [4.69, 9.17) is 0 Å². The van der Waals surface area contributed by atoms with Crippen LogP contribution in [0.3, 0.4) is 0 Å². The van der Waals surface area contributed by atoms with Gasteiger partial charge in [0.1, 0.15) is 5.82 Å². The van der Waals surface area contributed by atoms with Crippen molar-refractivity contribution in [3.8, 4) is 0 Å². The molecule has 0 atom stereocenters. The molecule has 0 aromatic carbocycles. The zero-order valence-electron chi connectivity index (χ0n) is 14.8. The topological polar surface area (TPSA) is 51.0 Å². The molecule has 2 fully saturated rings. The lowest BCUT2D eigenvalue weighted by molar-refractivity contribution is -0.137. The number of anilines is 1. The Labute approximate surface area is 154 Å². The van der Waals surface area contributed by atoms with Crippen molar-refractivity contribution < 1.29 is 13.2 Å². The number of hydrogen-bond donors (Lipinski definition) is 0. The molecule has 2 aromatic rings. The third kappa shape index (κ3) is 4.14. The molecule has 4 rings (SSSR count). The van der Waals surface area contributed by atoms with Crippen LogP contribution in [-0.4, -0.2) is 27.9 Å². The van der Waals surface area contributed by atoms with E-state index in [0.717, 1.165) is 43.6 Å². The summed E-state index contributed by atoms with van der Waals surface area (Å²) in [5.41, 5.74) is 0.189. The van der Waals surface area contributed by atoms with E-state index >= 15 is 0 Å². The second kappa shape index (κ2) is 6.98. The van der Waals surface area contributed by atoms with Gasteiger partial charge in [-0.1, -0.05) is 0 Å². The van der Waals surface area contributed by atoms with Crippen LogP contribution in [0.2, 0.25) is 0 Å². The van der Waals surface area contributed by atoms with Crippen LogP contribution in [0.1, 0.15) is 42.9 Å². The molecular weight excluding hydrogens is 357 g/mol. The summed E-state index contributed by atoms with van der Waals surface area (Å²) in [4.78, 5) is 18.0. The molecule has 2 aromatic heterocycles. The number of piperidine rings is 1. The first-order valence-corrected chi connectivity index (χ1v) is 9.26. The zero-order chi connectivity index (χ0) is 19.0. The summed E-state index contributed by atoms with van der Waals surface area (Å²) in [6.45, 7) is 2.01. The number of halogens is 3. The third-order valence-corrected chi connectivity index (χ3v) is 5.33. The molecule has 5 nitrogen and oxygen atoms in total. The van der Waals surface area contributed by atoms with E-state index < -0.39 is 11.7 Å². The highest BCUT2D eigenvalue weighted by molar-refractivity contribution is 5.40. The zero-order valence-corrected chi connectivity index (χ0v) is 14.8. The van der Waals surface area contributed by atoms with Crippen LogP contribution in [-0.2, 0) is 12.7 Å². The monoisotopic (exact) mass is 378 g/mol. The van der Waals surface area contributed by atoms with Gasteiger partial charge >= 0.3 is 6.18 Å². The standard InChI is InChI=1S/C19H21F3N4O/c20-19(21,22)15-3-5-17(23-11-15)25-9-7-13(8-10-25)12-26-18(27)6-4-16(24-26)14-1-2-14/h3-6,11,13-14H,1-2,7-10,12H2. The lowest BCUT2D eigenvalue weighted by Gasteiger charge is -2.33. The maximum Gasteiger partial charge on any atom is 0.417 e. The molecule has 0 N–H and O–H groups in total. The summed E-state index contributed by atoms with van der Waals surface area (Å²) in [6.07, 6.45) is 0.504. The summed E-state index contributed by atoms with van der Waals surface area (Å²) < 4.78 is 39.5. The van der Waals surface area contributed by atoms with E-state index in [2.05, 4.69) is 10.1 Å². The first kappa shape index (κ1) is 18.0. The summed E-state index contributed by atoms with van der Waals surface area (Å²) in [5, 5.41) is 4.51. The maximum absolute atomic E-state index is 12.6. The van der Waals surface area contributed by atoms with Crippen molar-refractivity contribution in [1.29, 1.82) is 0 Å². The fraction of sp³-hybridized carbons (Fsp3) is 0.526. The number of rotatable bonds is 4. The minimum absolute atomic E-state index is 0.0776. The van der Waals surface area contributed by atoms with Gasteiger partial charge in [-0.15, -0.1) is 0 Å². The Morgan fingerprint density at radius 3 is 2.37 bits per heavy atom. The molecule has 0 bridgehead atoms. The van der Waals surface area contributed by atoms with Crippen molar-refractivity contribution in [1.82, 2.24) is 14.8 Å². The molecular formula is C19H21F3N4O. The van der Waals surface area contributed by atoms with Crippen LogP contribution >= 0.6 is 0 Å². The minimum atomic E-state index is -4.37. The molecule has 1 saturated heterocycles. The van der Waals surface area contributed by atoms with Gasteiger partial charge in [0.15, 0.2) is 0 Å². The largest absolute Gasteiger partial charge is 0.417 e. The van der Waals surface area contributed by atoms with Gasteiger partial charge in [-0.3, -0.25) is 4.79 Å². The van der Waals surface area contributed by atoms with E-state index in [0.29, 0.717) is 37.3 Å². The average Bonchev–Trinajstić information content (AvgIpc) is 3.49. The summed E-state index contributed by atoms with van der Waals surface area (Å²) >= 11 is 0. The smallest absolute Gasteiger partial charge is 0.357 e. The summed E-state index contributed by atoms with van der Waals surface area (Å²) in [7, 11) is 0. The highest BCUT2D eigenvalue weighted by Crippen LogP contribution is 2.38. The van der Waals surface area contributed by atoms with Crippen LogP contribution in [0.4, 0.5) is 19.0 Å². The van der Waals surface area contributed by atoms with Crippen LogP contribution in [0.5, 0.6) is 0 Å². The molecule has 0 amide bonds. The Bertz CT molecular complexity index is 850. The fourth-order valence-corrected chi connectivity index (χ4v) is 3.52. The predicted octanol–water partition coefficient (Wildman–Crippen LogP) is 3.45. The molecule has 3 heterocycles. The Kier molecular flexibility index (Phi) is 4.65. The lowest BCUT2D eigenvalue weighted by Crippen LogP contribution is -2.37. The van der Waals surface area contributed by atoms with Crippen molar-refractivity contribution >= 4 is 5.82 Å². The van der Waals surface area contributed by atoms with Crippen LogP contribution in [0, 0.1) is 5.92 Å². The van der Waals surface area contributed by atoms with Crippen LogP contribution < -0.4 is 10.5 Å². The number of hydrogen-bond acceptors (Lipinski definition) is 4. The first-order chi connectivity index (χ1) is 12.9. The van der Waals surface area contributed by atoms with E-state index in [1.807, 2.05) is 11.0 Å². The van der Waals surface area contributed by atoms with Crippen molar-refractivity contribution in [3.63, 3.8) is 0 Å². The van der Waals surface area contributed by atoms with Gasteiger partial charge in [0.25, 0.3) is 5.56 Å². The number of nitrogens with zero attached hydrogens (tertiary/aromatic N) is 4. The Hall–Kier alpha value is -2.38.